The van der Waals surface area contributed by atoms with Crippen molar-refractivity contribution in [2.75, 3.05) is 13.1 Å². The third kappa shape index (κ3) is 2.17. The van der Waals surface area contributed by atoms with E-state index in [1.165, 1.54) is 32.1 Å². The SMILES string of the molecule is c1cn2cncc2cc1-c1noc(C2CNCC23CCCCC3)n1. The molecule has 1 atom stereocenters. The molecule has 124 valence electrons. The van der Waals surface area contributed by atoms with Gasteiger partial charge in [-0.15, -0.1) is 0 Å². The first-order valence-electron chi connectivity index (χ1n) is 8.81. The zero-order chi connectivity index (χ0) is 16.0. The fraction of sp³-hybridized carbons (Fsp3) is 0.500. The van der Waals surface area contributed by atoms with Crippen molar-refractivity contribution in [3.05, 3.63) is 36.7 Å². The van der Waals surface area contributed by atoms with Crippen LogP contribution in [0, 0.1) is 5.41 Å². The number of hydrogen-bond acceptors (Lipinski definition) is 5. The highest BCUT2D eigenvalue weighted by molar-refractivity contribution is 5.62. The Bertz CT molecular complexity index is 861. The van der Waals surface area contributed by atoms with Crippen molar-refractivity contribution >= 4 is 5.52 Å². The Hall–Kier alpha value is -2.21. The number of pyridine rings is 1. The van der Waals surface area contributed by atoms with Crippen LogP contribution >= 0.6 is 0 Å². The summed E-state index contributed by atoms with van der Waals surface area (Å²) >= 11 is 0. The molecular weight excluding hydrogens is 302 g/mol. The van der Waals surface area contributed by atoms with Crippen molar-refractivity contribution in [2.45, 2.75) is 38.0 Å². The molecule has 3 aromatic rings. The molecule has 4 heterocycles. The van der Waals surface area contributed by atoms with E-state index in [4.69, 9.17) is 9.51 Å². The minimum Gasteiger partial charge on any atom is -0.339 e. The summed E-state index contributed by atoms with van der Waals surface area (Å²) in [4.78, 5) is 8.91. The van der Waals surface area contributed by atoms with Gasteiger partial charge >= 0.3 is 0 Å². The summed E-state index contributed by atoms with van der Waals surface area (Å²) in [5, 5.41) is 7.82. The van der Waals surface area contributed by atoms with Crippen LogP contribution in [0.15, 0.2) is 35.4 Å². The molecular formula is C18H21N5O. The van der Waals surface area contributed by atoms with E-state index >= 15 is 0 Å². The Morgan fingerprint density at radius 2 is 2.17 bits per heavy atom. The Morgan fingerprint density at radius 1 is 1.25 bits per heavy atom. The maximum absolute atomic E-state index is 5.70. The minimum absolute atomic E-state index is 0.317. The maximum Gasteiger partial charge on any atom is 0.231 e. The standard InChI is InChI=1S/C18H21N5O/c1-2-5-18(6-3-1)11-19-10-15(18)17-21-16(22-24-17)13-4-7-23-12-20-9-14(23)8-13/h4,7-9,12,15,19H,1-3,5-6,10-11H2. The molecule has 0 bridgehead atoms. The van der Waals surface area contributed by atoms with Crippen LogP contribution in [0.3, 0.4) is 0 Å². The highest BCUT2D eigenvalue weighted by atomic mass is 16.5. The molecule has 1 saturated heterocycles. The highest BCUT2D eigenvalue weighted by Gasteiger charge is 2.46. The van der Waals surface area contributed by atoms with Gasteiger partial charge in [-0.2, -0.15) is 4.98 Å². The molecule has 6 heteroatoms. The molecule has 1 aliphatic carbocycles. The first kappa shape index (κ1) is 14.2. The van der Waals surface area contributed by atoms with E-state index < -0.39 is 0 Å². The maximum atomic E-state index is 5.70. The van der Waals surface area contributed by atoms with E-state index in [0.29, 0.717) is 17.2 Å². The van der Waals surface area contributed by atoms with Crippen LogP contribution in [-0.2, 0) is 0 Å². The van der Waals surface area contributed by atoms with Gasteiger partial charge in [0.25, 0.3) is 0 Å². The summed E-state index contributed by atoms with van der Waals surface area (Å²) in [7, 11) is 0. The van der Waals surface area contributed by atoms with Gasteiger partial charge in [-0.05, 0) is 30.4 Å². The van der Waals surface area contributed by atoms with Gasteiger partial charge < -0.3 is 14.2 Å². The summed E-state index contributed by atoms with van der Waals surface area (Å²) in [5.41, 5.74) is 2.32. The van der Waals surface area contributed by atoms with Crippen molar-refractivity contribution in [1.29, 1.82) is 0 Å². The van der Waals surface area contributed by atoms with Crippen LogP contribution < -0.4 is 5.32 Å². The van der Waals surface area contributed by atoms with Gasteiger partial charge in [0, 0.05) is 24.8 Å². The lowest BCUT2D eigenvalue weighted by Gasteiger charge is -2.36. The molecule has 0 radical (unpaired) electrons. The second-order valence-electron chi connectivity index (χ2n) is 7.20. The van der Waals surface area contributed by atoms with Crippen molar-refractivity contribution in [3.8, 4) is 11.4 Å². The van der Waals surface area contributed by atoms with E-state index in [0.717, 1.165) is 30.1 Å². The number of nitrogens with one attached hydrogen (secondary N) is 1. The number of fused-ring (bicyclic) bond motifs is 1. The van der Waals surface area contributed by atoms with Gasteiger partial charge in [-0.3, -0.25) is 0 Å². The fourth-order valence-corrected chi connectivity index (χ4v) is 4.49. The zero-order valence-electron chi connectivity index (χ0n) is 13.6. The molecule has 5 rings (SSSR count). The second-order valence-corrected chi connectivity index (χ2v) is 7.20. The topological polar surface area (TPSA) is 68.2 Å². The molecule has 3 aromatic heterocycles. The van der Waals surface area contributed by atoms with Crippen LogP contribution in [0.1, 0.15) is 43.9 Å². The molecule has 1 aliphatic heterocycles. The van der Waals surface area contributed by atoms with Gasteiger partial charge in [-0.25, -0.2) is 4.98 Å². The lowest BCUT2D eigenvalue weighted by atomic mass is 9.67. The molecule has 1 spiro atoms. The molecule has 1 unspecified atom stereocenters. The van der Waals surface area contributed by atoms with Crippen molar-refractivity contribution < 1.29 is 4.52 Å². The van der Waals surface area contributed by atoms with Crippen molar-refractivity contribution in [3.63, 3.8) is 0 Å². The third-order valence-corrected chi connectivity index (χ3v) is 5.83. The van der Waals surface area contributed by atoms with Gasteiger partial charge in [0.05, 0.1) is 24.0 Å². The van der Waals surface area contributed by atoms with E-state index in [9.17, 15) is 0 Å². The van der Waals surface area contributed by atoms with Crippen molar-refractivity contribution in [1.82, 2.24) is 24.8 Å². The first-order chi connectivity index (χ1) is 11.8. The van der Waals surface area contributed by atoms with Crippen LogP contribution in [-0.4, -0.2) is 32.6 Å². The smallest absolute Gasteiger partial charge is 0.231 e. The predicted molar refractivity (Wildman–Crippen MR) is 89.6 cm³/mol. The summed E-state index contributed by atoms with van der Waals surface area (Å²) in [6, 6.07) is 4.05. The van der Waals surface area contributed by atoms with Gasteiger partial charge in [0.1, 0.15) is 0 Å². The Labute approximate surface area is 140 Å². The quantitative estimate of drug-likeness (QED) is 0.785. The Kier molecular flexibility index (Phi) is 3.19. The van der Waals surface area contributed by atoms with E-state index in [1.807, 2.05) is 28.9 Å². The third-order valence-electron chi connectivity index (χ3n) is 5.83. The van der Waals surface area contributed by atoms with Gasteiger partial charge in [0.2, 0.25) is 11.7 Å². The van der Waals surface area contributed by atoms with Gasteiger partial charge in [0.15, 0.2) is 0 Å². The molecule has 1 N–H and O–H groups in total. The molecule has 6 nitrogen and oxygen atoms in total. The Balaban J connectivity index is 1.48. The van der Waals surface area contributed by atoms with E-state index in [1.54, 1.807) is 6.33 Å². The monoisotopic (exact) mass is 323 g/mol. The summed E-state index contributed by atoms with van der Waals surface area (Å²) in [5.74, 6) is 1.81. The largest absolute Gasteiger partial charge is 0.339 e. The predicted octanol–water partition coefficient (Wildman–Crippen LogP) is 3.02. The summed E-state index contributed by atoms with van der Waals surface area (Å²) in [6.45, 7) is 2.03. The lowest BCUT2D eigenvalue weighted by molar-refractivity contribution is 0.165. The number of hydrogen-bond donors (Lipinski definition) is 1. The fourth-order valence-electron chi connectivity index (χ4n) is 4.49. The van der Waals surface area contributed by atoms with Crippen LogP contribution in [0.2, 0.25) is 0 Å². The first-order valence-corrected chi connectivity index (χ1v) is 8.81. The average Bonchev–Trinajstić information content (AvgIpc) is 3.34. The minimum atomic E-state index is 0.317. The normalized spacial score (nSPS) is 23.2. The number of rotatable bonds is 2. The van der Waals surface area contributed by atoms with Crippen LogP contribution in [0.25, 0.3) is 16.9 Å². The molecule has 24 heavy (non-hydrogen) atoms. The summed E-state index contributed by atoms with van der Waals surface area (Å²) in [6.07, 6.45) is 12.1. The van der Waals surface area contributed by atoms with E-state index in [-0.39, 0.29) is 0 Å². The highest BCUT2D eigenvalue weighted by Crippen LogP contribution is 2.49. The average molecular weight is 323 g/mol. The molecule has 2 aliphatic rings. The van der Waals surface area contributed by atoms with Gasteiger partial charge in [-0.1, -0.05) is 24.4 Å². The lowest BCUT2D eigenvalue weighted by Crippen LogP contribution is -2.31. The second kappa shape index (κ2) is 5.41. The summed E-state index contributed by atoms with van der Waals surface area (Å²) < 4.78 is 7.68. The molecule has 0 aromatic carbocycles. The van der Waals surface area contributed by atoms with E-state index in [2.05, 4.69) is 15.5 Å². The van der Waals surface area contributed by atoms with Crippen LogP contribution in [0.4, 0.5) is 0 Å². The molecule has 2 fully saturated rings. The number of aromatic nitrogens is 4. The van der Waals surface area contributed by atoms with Crippen LogP contribution in [0.5, 0.6) is 0 Å². The van der Waals surface area contributed by atoms with Crippen molar-refractivity contribution in [2.24, 2.45) is 5.41 Å². The zero-order valence-corrected chi connectivity index (χ0v) is 13.6. The Morgan fingerprint density at radius 3 is 3.08 bits per heavy atom. The number of nitrogens with zero attached hydrogens (tertiary/aromatic N) is 4. The molecule has 0 amide bonds. The molecule has 1 saturated carbocycles. The number of imidazole rings is 1.